The molecule has 1 aromatic rings. The first-order chi connectivity index (χ1) is 7.60. The molecule has 0 bridgehead atoms. The minimum Gasteiger partial charge on any atom is -0.380 e. The van der Waals surface area contributed by atoms with Crippen LogP contribution < -0.4 is 0 Å². The minimum atomic E-state index is -0.984. The van der Waals surface area contributed by atoms with Crippen LogP contribution in [0.2, 0.25) is 0 Å². The molecule has 0 radical (unpaired) electrons. The topological polar surface area (TPSA) is 26.3 Å². The van der Waals surface area contributed by atoms with Crippen LogP contribution in [0.5, 0.6) is 0 Å². The van der Waals surface area contributed by atoms with Crippen LogP contribution in [-0.2, 0) is 15.5 Å². The summed E-state index contributed by atoms with van der Waals surface area (Å²) >= 11 is 0. The van der Waals surface area contributed by atoms with Crippen LogP contribution in [-0.4, -0.2) is 22.7 Å². The summed E-state index contributed by atoms with van der Waals surface area (Å²) in [6.07, 6.45) is 0.877. The molecule has 0 amide bonds. The van der Waals surface area contributed by atoms with Crippen molar-refractivity contribution in [2.45, 2.75) is 43.4 Å². The third kappa shape index (κ3) is 3.16. The molecule has 0 saturated carbocycles. The molecule has 3 heteroatoms. The SMILES string of the molecule is CCC(C(C)OC)S(=O)c1ccc(C)cc1. The van der Waals surface area contributed by atoms with Gasteiger partial charge < -0.3 is 4.74 Å². The van der Waals surface area contributed by atoms with Gasteiger partial charge in [-0.05, 0) is 32.4 Å². The predicted octanol–water partition coefficient (Wildman–Crippen LogP) is 2.92. The van der Waals surface area contributed by atoms with Crippen molar-refractivity contribution in [3.05, 3.63) is 29.8 Å². The van der Waals surface area contributed by atoms with Crippen molar-refractivity contribution in [2.75, 3.05) is 7.11 Å². The van der Waals surface area contributed by atoms with Gasteiger partial charge in [0.2, 0.25) is 0 Å². The van der Waals surface area contributed by atoms with Crippen LogP contribution >= 0.6 is 0 Å². The molecule has 2 nitrogen and oxygen atoms in total. The summed E-state index contributed by atoms with van der Waals surface area (Å²) in [7, 11) is 0.682. The van der Waals surface area contributed by atoms with Crippen molar-refractivity contribution in [1.29, 1.82) is 0 Å². The number of hydrogen-bond donors (Lipinski definition) is 0. The molecular weight excluding hydrogens is 220 g/mol. The highest BCUT2D eigenvalue weighted by Gasteiger charge is 2.22. The monoisotopic (exact) mass is 240 g/mol. The molecule has 1 aromatic carbocycles. The van der Waals surface area contributed by atoms with Gasteiger partial charge in [-0.2, -0.15) is 0 Å². The summed E-state index contributed by atoms with van der Waals surface area (Å²) in [6, 6.07) is 7.88. The summed E-state index contributed by atoms with van der Waals surface area (Å²) in [4.78, 5) is 0.890. The summed E-state index contributed by atoms with van der Waals surface area (Å²) in [5.74, 6) is 0. The van der Waals surface area contributed by atoms with Crippen LogP contribution in [0.3, 0.4) is 0 Å². The fourth-order valence-corrected chi connectivity index (χ4v) is 3.17. The lowest BCUT2D eigenvalue weighted by molar-refractivity contribution is 0.114. The molecule has 1 rings (SSSR count). The van der Waals surface area contributed by atoms with E-state index in [1.165, 1.54) is 5.56 Å². The van der Waals surface area contributed by atoms with E-state index in [1.807, 2.05) is 45.0 Å². The maximum absolute atomic E-state index is 12.3. The summed E-state index contributed by atoms with van der Waals surface area (Å²) in [5.41, 5.74) is 1.19. The number of aryl methyl sites for hydroxylation is 1. The number of hydrogen-bond acceptors (Lipinski definition) is 2. The van der Waals surface area contributed by atoms with E-state index in [2.05, 4.69) is 0 Å². The Morgan fingerprint density at radius 1 is 1.31 bits per heavy atom. The maximum atomic E-state index is 12.3. The second-order valence-electron chi connectivity index (χ2n) is 4.00. The fraction of sp³-hybridized carbons (Fsp3) is 0.538. The van der Waals surface area contributed by atoms with E-state index >= 15 is 0 Å². The second-order valence-corrected chi connectivity index (χ2v) is 5.67. The van der Waals surface area contributed by atoms with Crippen LogP contribution in [0.4, 0.5) is 0 Å². The number of methoxy groups -OCH3 is 1. The third-order valence-electron chi connectivity index (χ3n) is 2.83. The number of benzene rings is 1. The molecule has 16 heavy (non-hydrogen) atoms. The van der Waals surface area contributed by atoms with Crippen molar-refractivity contribution < 1.29 is 8.95 Å². The molecule has 3 unspecified atom stereocenters. The summed E-state index contributed by atoms with van der Waals surface area (Å²) < 4.78 is 17.6. The molecule has 90 valence electrons. The van der Waals surface area contributed by atoms with E-state index in [1.54, 1.807) is 7.11 Å². The van der Waals surface area contributed by atoms with Gasteiger partial charge in [0.25, 0.3) is 0 Å². The van der Waals surface area contributed by atoms with Gasteiger partial charge in [-0.1, -0.05) is 24.6 Å². The lowest BCUT2D eigenvalue weighted by Crippen LogP contribution is -2.29. The lowest BCUT2D eigenvalue weighted by Gasteiger charge is -2.20. The molecule has 0 aliphatic carbocycles. The van der Waals surface area contributed by atoms with Crippen molar-refractivity contribution in [3.8, 4) is 0 Å². The van der Waals surface area contributed by atoms with Crippen LogP contribution in [0.15, 0.2) is 29.2 Å². The summed E-state index contributed by atoms with van der Waals surface area (Å²) in [5, 5.41) is 0.0627. The number of rotatable bonds is 5. The molecule has 0 aliphatic rings. The van der Waals surface area contributed by atoms with Crippen LogP contribution in [0, 0.1) is 6.92 Å². The Bertz CT molecular complexity index is 345. The molecule has 0 fully saturated rings. The van der Waals surface area contributed by atoms with Gasteiger partial charge in [0, 0.05) is 12.0 Å². The van der Waals surface area contributed by atoms with Gasteiger partial charge in [0.1, 0.15) is 0 Å². The molecule has 0 heterocycles. The Balaban J connectivity index is 2.87. The first-order valence-corrected chi connectivity index (χ1v) is 6.81. The fourth-order valence-electron chi connectivity index (χ4n) is 1.66. The Kier molecular flexibility index (Phi) is 5.16. The molecule has 0 aromatic heterocycles. The quantitative estimate of drug-likeness (QED) is 0.791. The Morgan fingerprint density at radius 2 is 1.88 bits per heavy atom. The molecule has 3 atom stereocenters. The van der Waals surface area contributed by atoms with E-state index < -0.39 is 10.8 Å². The second kappa shape index (κ2) is 6.16. The highest BCUT2D eigenvalue weighted by atomic mass is 32.2. The van der Waals surface area contributed by atoms with Gasteiger partial charge in [0.05, 0.1) is 22.2 Å². The van der Waals surface area contributed by atoms with E-state index in [9.17, 15) is 4.21 Å². The van der Waals surface area contributed by atoms with Gasteiger partial charge >= 0.3 is 0 Å². The molecular formula is C13H20O2S. The zero-order valence-electron chi connectivity index (χ0n) is 10.4. The first-order valence-electron chi connectivity index (χ1n) is 5.60. The standard InChI is InChI=1S/C13H20O2S/c1-5-13(11(3)15-4)16(14)12-8-6-10(2)7-9-12/h6-9,11,13H,5H2,1-4H3. The van der Waals surface area contributed by atoms with Crippen molar-refractivity contribution in [2.24, 2.45) is 0 Å². The zero-order valence-corrected chi connectivity index (χ0v) is 11.2. The van der Waals surface area contributed by atoms with Gasteiger partial charge in [-0.25, -0.2) is 0 Å². The van der Waals surface area contributed by atoms with E-state index in [-0.39, 0.29) is 11.4 Å². The average molecular weight is 240 g/mol. The average Bonchev–Trinajstić information content (AvgIpc) is 2.30. The normalized spacial score (nSPS) is 16.8. The Hall–Kier alpha value is -0.670. The smallest absolute Gasteiger partial charge is 0.0690 e. The first kappa shape index (κ1) is 13.4. The van der Waals surface area contributed by atoms with Gasteiger partial charge in [-0.3, -0.25) is 4.21 Å². The predicted molar refractivity (Wildman–Crippen MR) is 68.1 cm³/mol. The number of ether oxygens (including phenoxy) is 1. The van der Waals surface area contributed by atoms with E-state index in [0.717, 1.165) is 11.3 Å². The minimum absolute atomic E-state index is 0.0205. The van der Waals surface area contributed by atoms with Crippen molar-refractivity contribution in [1.82, 2.24) is 0 Å². The maximum Gasteiger partial charge on any atom is 0.0690 e. The van der Waals surface area contributed by atoms with Gasteiger partial charge in [-0.15, -0.1) is 0 Å². The molecule has 0 N–H and O–H groups in total. The molecule has 0 saturated heterocycles. The van der Waals surface area contributed by atoms with Crippen LogP contribution in [0.1, 0.15) is 25.8 Å². The van der Waals surface area contributed by atoms with Crippen molar-refractivity contribution in [3.63, 3.8) is 0 Å². The largest absolute Gasteiger partial charge is 0.380 e. The Labute approximate surface area is 100 Å². The molecule has 0 aliphatic heterocycles. The Morgan fingerprint density at radius 3 is 2.31 bits per heavy atom. The highest BCUT2D eigenvalue weighted by Crippen LogP contribution is 2.18. The van der Waals surface area contributed by atoms with E-state index in [4.69, 9.17) is 4.74 Å². The molecule has 0 spiro atoms. The van der Waals surface area contributed by atoms with Gasteiger partial charge in [0.15, 0.2) is 0 Å². The summed E-state index contributed by atoms with van der Waals surface area (Å²) in [6.45, 7) is 6.05. The van der Waals surface area contributed by atoms with Crippen molar-refractivity contribution >= 4 is 10.8 Å². The third-order valence-corrected chi connectivity index (χ3v) is 4.83. The highest BCUT2D eigenvalue weighted by molar-refractivity contribution is 7.85. The lowest BCUT2D eigenvalue weighted by atomic mass is 10.2. The van der Waals surface area contributed by atoms with Crippen LogP contribution in [0.25, 0.3) is 0 Å². The van der Waals surface area contributed by atoms with E-state index in [0.29, 0.717) is 0 Å². The zero-order chi connectivity index (χ0) is 12.1.